The van der Waals surface area contributed by atoms with Crippen LogP contribution in [0, 0.1) is 0 Å². The monoisotopic (exact) mass is 363 g/mol. The summed E-state index contributed by atoms with van der Waals surface area (Å²) in [6, 6.07) is 14.0. The number of carbonyl (C=O) groups excluding carboxylic acids is 1. The van der Waals surface area contributed by atoms with Crippen LogP contribution in [0.1, 0.15) is 23.6 Å². The Kier molecular flexibility index (Phi) is 5.61. The molecule has 0 spiro atoms. The van der Waals surface area contributed by atoms with Crippen molar-refractivity contribution in [2.45, 2.75) is 12.5 Å². The van der Waals surface area contributed by atoms with Crippen LogP contribution >= 0.6 is 0 Å². The van der Waals surface area contributed by atoms with Crippen molar-refractivity contribution in [3.8, 4) is 0 Å². The van der Waals surface area contributed by atoms with Crippen molar-refractivity contribution >= 4 is 11.5 Å². The number of hydrogen-bond acceptors (Lipinski definition) is 4. The molecule has 1 atom stereocenters. The lowest BCUT2D eigenvalue weighted by Gasteiger charge is -2.37. The molecule has 2 aromatic rings. The fraction of sp³-hybridized carbons (Fsp3) is 0.364. The summed E-state index contributed by atoms with van der Waals surface area (Å²) in [4.78, 5) is 21.9. The number of rotatable bonds is 4. The van der Waals surface area contributed by atoms with Crippen molar-refractivity contribution < 1.29 is 9.53 Å². The minimum Gasteiger partial charge on any atom is -0.379 e. The predicted octanol–water partition coefficient (Wildman–Crippen LogP) is 2.77. The summed E-state index contributed by atoms with van der Waals surface area (Å²) in [5.41, 5.74) is 3.53. The van der Waals surface area contributed by atoms with Crippen LogP contribution in [0.15, 0.2) is 60.9 Å². The van der Waals surface area contributed by atoms with Gasteiger partial charge in [-0.1, -0.05) is 42.5 Å². The molecule has 2 aliphatic heterocycles. The topological polar surface area (TPSA) is 45.7 Å². The Labute approximate surface area is 160 Å². The highest BCUT2D eigenvalue weighted by Gasteiger charge is 2.33. The highest BCUT2D eigenvalue weighted by molar-refractivity contribution is 5.84. The Morgan fingerprint density at radius 2 is 1.85 bits per heavy atom. The third-order valence-electron chi connectivity index (χ3n) is 5.31. The number of hydrogen-bond donors (Lipinski definition) is 0. The molecule has 1 aromatic carbocycles. The van der Waals surface area contributed by atoms with E-state index in [1.54, 1.807) is 6.20 Å². The first-order chi connectivity index (χ1) is 13.3. The van der Waals surface area contributed by atoms with E-state index in [4.69, 9.17) is 4.74 Å². The summed E-state index contributed by atoms with van der Waals surface area (Å²) >= 11 is 0. The normalized spacial score (nSPS) is 19.4. The van der Waals surface area contributed by atoms with Gasteiger partial charge in [0.1, 0.15) is 6.04 Å². The van der Waals surface area contributed by atoms with Gasteiger partial charge in [0.15, 0.2) is 0 Å². The first-order valence-corrected chi connectivity index (χ1v) is 9.58. The largest absolute Gasteiger partial charge is 0.379 e. The molecule has 27 heavy (non-hydrogen) atoms. The quantitative estimate of drug-likeness (QED) is 0.838. The minimum atomic E-state index is -0.283. The number of ether oxygens (including phenoxy) is 1. The van der Waals surface area contributed by atoms with Crippen LogP contribution in [-0.4, -0.2) is 60.1 Å². The molecule has 3 heterocycles. The molecule has 0 aliphatic carbocycles. The molecule has 4 rings (SSSR count). The SMILES string of the molecule is O=C([C@H](c1cccnc1)N1CCOCC1)N1CC=C(c2ccccc2)CC1. The van der Waals surface area contributed by atoms with E-state index in [1.165, 1.54) is 11.1 Å². The van der Waals surface area contributed by atoms with E-state index in [-0.39, 0.29) is 11.9 Å². The smallest absolute Gasteiger partial charge is 0.244 e. The van der Waals surface area contributed by atoms with Crippen molar-refractivity contribution in [3.63, 3.8) is 0 Å². The molecule has 1 amide bonds. The molecule has 0 bridgehead atoms. The molecule has 5 nitrogen and oxygen atoms in total. The number of morpholine rings is 1. The first-order valence-electron chi connectivity index (χ1n) is 9.58. The van der Waals surface area contributed by atoms with Crippen molar-refractivity contribution in [1.82, 2.24) is 14.8 Å². The predicted molar refractivity (Wildman–Crippen MR) is 105 cm³/mol. The van der Waals surface area contributed by atoms with Crippen LogP contribution in [0.25, 0.3) is 5.57 Å². The fourth-order valence-corrected chi connectivity index (χ4v) is 3.84. The van der Waals surface area contributed by atoms with Crippen molar-refractivity contribution in [2.75, 3.05) is 39.4 Å². The zero-order valence-corrected chi connectivity index (χ0v) is 15.5. The van der Waals surface area contributed by atoms with E-state index < -0.39 is 0 Å². The summed E-state index contributed by atoms with van der Waals surface area (Å²) in [5, 5.41) is 0. The maximum Gasteiger partial charge on any atom is 0.244 e. The van der Waals surface area contributed by atoms with E-state index in [9.17, 15) is 4.79 Å². The second kappa shape index (κ2) is 8.46. The van der Waals surface area contributed by atoms with Crippen molar-refractivity contribution in [2.24, 2.45) is 0 Å². The Balaban J connectivity index is 1.53. The van der Waals surface area contributed by atoms with E-state index >= 15 is 0 Å². The Morgan fingerprint density at radius 3 is 2.52 bits per heavy atom. The van der Waals surface area contributed by atoms with Crippen LogP contribution in [0.4, 0.5) is 0 Å². The van der Waals surface area contributed by atoms with Gasteiger partial charge in [-0.3, -0.25) is 14.7 Å². The number of aromatic nitrogens is 1. The molecule has 0 saturated carbocycles. The Bertz CT molecular complexity index is 786. The van der Waals surface area contributed by atoms with Crippen LogP contribution < -0.4 is 0 Å². The molecular weight excluding hydrogens is 338 g/mol. The van der Waals surface area contributed by atoms with Gasteiger partial charge in [0, 0.05) is 38.6 Å². The highest BCUT2D eigenvalue weighted by atomic mass is 16.5. The first kappa shape index (κ1) is 17.9. The molecule has 0 N–H and O–H groups in total. The lowest BCUT2D eigenvalue weighted by molar-refractivity contribution is -0.138. The standard InChI is InChI=1S/C22H25N3O2/c26-22(25-11-8-19(9-12-25)18-5-2-1-3-6-18)21(20-7-4-10-23-17-20)24-13-15-27-16-14-24/h1-8,10,17,21H,9,11-16H2/t21-/m0/s1. The molecule has 1 fully saturated rings. The van der Waals surface area contributed by atoms with Gasteiger partial charge in [-0.05, 0) is 29.2 Å². The number of carbonyl (C=O) groups is 1. The number of amides is 1. The van der Waals surface area contributed by atoms with Crippen LogP contribution in [0.3, 0.4) is 0 Å². The molecule has 2 aliphatic rings. The van der Waals surface area contributed by atoms with Crippen LogP contribution in [0.5, 0.6) is 0 Å². The zero-order chi connectivity index (χ0) is 18.5. The maximum absolute atomic E-state index is 13.4. The third kappa shape index (κ3) is 4.10. The lowest BCUT2D eigenvalue weighted by Crippen LogP contribution is -2.48. The van der Waals surface area contributed by atoms with Gasteiger partial charge in [-0.15, -0.1) is 0 Å². The van der Waals surface area contributed by atoms with E-state index in [0.29, 0.717) is 19.8 Å². The average Bonchev–Trinajstić information content (AvgIpc) is 2.76. The molecule has 1 saturated heterocycles. The van der Waals surface area contributed by atoms with Gasteiger partial charge in [0.25, 0.3) is 0 Å². The summed E-state index contributed by atoms with van der Waals surface area (Å²) in [5.74, 6) is 0.160. The zero-order valence-electron chi connectivity index (χ0n) is 15.5. The van der Waals surface area contributed by atoms with Gasteiger partial charge < -0.3 is 9.64 Å². The van der Waals surface area contributed by atoms with Crippen LogP contribution in [-0.2, 0) is 9.53 Å². The van der Waals surface area contributed by atoms with Crippen molar-refractivity contribution in [3.05, 3.63) is 72.1 Å². The lowest BCUT2D eigenvalue weighted by atomic mass is 9.98. The molecule has 5 heteroatoms. The van der Waals surface area contributed by atoms with E-state index in [0.717, 1.165) is 31.6 Å². The number of pyridine rings is 1. The number of nitrogens with zero attached hydrogens (tertiary/aromatic N) is 3. The minimum absolute atomic E-state index is 0.160. The van der Waals surface area contributed by atoms with Gasteiger partial charge >= 0.3 is 0 Å². The third-order valence-corrected chi connectivity index (χ3v) is 5.31. The Morgan fingerprint density at radius 1 is 1.04 bits per heavy atom. The van der Waals surface area contributed by atoms with Crippen LogP contribution in [0.2, 0.25) is 0 Å². The molecular formula is C22H25N3O2. The summed E-state index contributed by atoms with van der Waals surface area (Å²) in [7, 11) is 0. The second-order valence-corrected chi connectivity index (χ2v) is 6.97. The van der Waals surface area contributed by atoms with Gasteiger partial charge in [-0.2, -0.15) is 0 Å². The van der Waals surface area contributed by atoms with Gasteiger partial charge in [0.2, 0.25) is 5.91 Å². The van der Waals surface area contributed by atoms with Gasteiger partial charge in [-0.25, -0.2) is 0 Å². The molecule has 1 aromatic heterocycles. The second-order valence-electron chi connectivity index (χ2n) is 6.97. The fourth-order valence-electron chi connectivity index (χ4n) is 3.84. The van der Waals surface area contributed by atoms with E-state index in [2.05, 4.69) is 40.2 Å². The maximum atomic E-state index is 13.4. The summed E-state index contributed by atoms with van der Waals surface area (Å²) in [6.07, 6.45) is 6.64. The van der Waals surface area contributed by atoms with Gasteiger partial charge in [0.05, 0.1) is 13.2 Å². The summed E-state index contributed by atoms with van der Waals surface area (Å²) in [6.45, 7) is 4.28. The molecule has 0 radical (unpaired) electrons. The average molecular weight is 363 g/mol. The molecule has 140 valence electrons. The highest BCUT2D eigenvalue weighted by Crippen LogP contribution is 2.27. The Hall–Kier alpha value is -2.50. The van der Waals surface area contributed by atoms with E-state index in [1.807, 2.05) is 29.3 Å². The summed E-state index contributed by atoms with van der Waals surface area (Å²) < 4.78 is 5.48. The molecule has 0 unspecified atom stereocenters. The number of benzene rings is 1. The van der Waals surface area contributed by atoms with Crippen molar-refractivity contribution in [1.29, 1.82) is 0 Å².